The van der Waals surface area contributed by atoms with E-state index in [0.29, 0.717) is 0 Å². The van der Waals surface area contributed by atoms with Gasteiger partial charge >= 0.3 is 0 Å². The predicted molar refractivity (Wildman–Crippen MR) is 142 cm³/mol. The highest BCUT2D eigenvalue weighted by atomic mass is 16.1. The molecule has 0 amide bonds. The van der Waals surface area contributed by atoms with Gasteiger partial charge in [0.25, 0.3) is 0 Å². The zero-order valence-corrected chi connectivity index (χ0v) is 19.6. The van der Waals surface area contributed by atoms with Crippen LogP contribution in [0.15, 0.2) is 97.3 Å². The van der Waals surface area contributed by atoms with Gasteiger partial charge in [0, 0.05) is 23.4 Å². The molecule has 0 bridgehead atoms. The standard InChI is InChI=1S/C31H23N3O/c1-19(2)33-24-12-6-8-14-26(24)34(27-15-9-7-13-25(27)33)28-18-32-17-23-22-16-20-10-4-3-5-11-21(20)29(22)31(35)30(23)28/h3-19H,1-2H3. The van der Waals surface area contributed by atoms with E-state index >= 15 is 0 Å². The second-order valence-corrected chi connectivity index (χ2v) is 9.40. The van der Waals surface area contributed by atoms with Gasteiger partial charge in [0.1, 0.15) is 0 Å². The Balaban J connectivity index is 1.50. The van der Waals surface area contributed by atoms with Gasteiger partial charge < -0.3 is 9.80 Å². The van der Waals surface area contributed by atoms with Crippen molar-refractivity contribution in [1.82, 2.24) is 4.98 Å². The number of carbonyl (C=O) groups excluding carboxylic acids is 1. The maximum absolute atomic E-state index is 14.1. The summed E-state index contributed by atoms with van der Waals surface area (Å²) in [4.78, 5) is 23.3. The van der Waals surface area contributed by atoms with Crippen LogP contribution in [0, 0.1) is 0 Å². The van der Waals surface area contributed by atoms with Gasteiger partial charge in [-0.25, -0.2) is 0 Å². The number of pyridine rings is 1. The van der Waals surface area contributed by atoms with Gasteiger partial charge in [-0.3, -0.25) is 9.78 Å². The number of anilines is 5. The number of aromatic nitrogens is 1. The lowest BCUT2D eigenvalue weighted by Gasteiger charge is -2.42. The average Bonchev–Trinajstić information content (AvgIpc) is 3.26. The molecule has 2 aromatic carbocycles. The minimum Gasteiger partial charge on any atom is -0.336 e. The molecular weight excluding hydrogens is 430 g/mol. The van der Waals surface area contributed by atoms with Crippen LogP contribution in [0.2, 0.25) is 0 Å². The zero-order chi connectivity index (χ0) is 23.7. The molecule has 3 aliphatic carbocycles. The summed E-state index contributed by atoms with van der Waals surface area (Å²) in [5.41, 5.74) is 10.6. The van der Waals surface area contributed by atoms with Crippen molar-refractivity contribution < 1.29 is 4.79 Å². The van der Waals surface area contributed by atoms with Crippen molar-refractivity contribution in [2.24, 2.45) is 0 Å². The number of hydrogen-bond donors (Lipinski definition) is 0. The van der Waals surface area contributed by atoms with Crippen LogP contribution in [0.3, 0.4) is 0 Å². The number of rotatable bonds is 2. The summed E-state index contributed by atoms with van der Waals surface area (Å²) in [6, 6.07) is 29.3. The van der Waals surface area contributed by atoms with Crippen molar-refractivity contribution in [3.8, 4) is 22.3 Å². The lowest BCUT2D eigenvalue weighted by Crippen LogP contribution is -2.32. The fraction of sp³-hybridized carbons (Fsp3) is 0.0968. The number of hydrogen-bond acceptors (Lipinski definition) is 4. The third-order valence-corrected chi connectivity index (χ3v) is 7.10. The Morgan fingerprint density at radius 2 is 1.26 bits per heavy atom. The normalized spacial score (nSPS) is 13.6. The summed E-state index contributed by atoms with van der Waals surface area (Å²) < 4.78 is 0. The number of para-hydroxylation sites is 4. The highest BCUT2D eigenvalue weighted by Crippen LogP contribution is 2.55. The maximum Gasteiger partial charge on any atom is 0.197 e. The van der Waals surface area contributed by atoms with E-state index < -0.39 is 0 Å². The van der Waals surface area contributed by atoms with E-state index in [1.54, 1.807) is 0 Å². The topological polar surface area (TPSA) is 36.4 Å². The number of carbonyl (C=O) groups is 1. The summed E-state index contributed by atoms with van der Waals surface area (Å²) in [6.45, 7) is 4.41. The molecule has 0 saturated carbocycles. The van der Waals surface area contributed by atoms with Crippen molar-refractivity contribution in [2.45, 2.75) is 19.9 Å². The molecule has 0 fully saturated rings. The maximum atomic E-state index is 14.1. The second-order valence-electron chi connectivity index (χ2n) is 9.40. The molecule has 1 aliphatic heterocycles. The molecule has 0 saturated heterocycles. The van der Waals surface area contributed by atoms with Crippen molar-refractivity contribution >= 4 is 34.2 Å². The van der Waals surface area contributed by atoms with Crippen LogP contribution in [-0.2, 0) is 0 Å². The van der Waals surface area contributed by atoms with Gasteiger partial charge in [0.2, 0.25) is 0 Å². The minimum atomic E-state index is 0.0647. The lowest BCUT2D eigenvalue weighted by atomic mass is 10.00. The molecule has 4 nitrogen and oxygen atoms in total. The summed E-state index contributed by atoms with van der Waals surface area (Å²) in [5.74, 6) is 0.0647. The molecule has 7 rings (SSSR count). The van der Waals surface area contributed by atoms with Gasteiger partial charge in [0.05, 0.1) is 40.2 Å². The first-order valence-electron chi connectivity index (χ1n) is 12.0. The molecule has 35 heavy (non-hydrogen) atoms. The number of nitrogens with zero attached hydrogens (tertiary/aromatic N) is 3. The Hall–Kier alpha value is -4.44. The molecular formula is C31H23N3O. The van der Waals surface area contributed by atoms with E-state index in [9.17, 15) is 4.79 Å². The molecule has 4 aliphatic rings. The smallest absolute Gasteiger partial charge is 0.197 e. The van der Waals surface area contributed by atoms with Crippen LogP contribution < -0.4 is 9.80 Å². The average molecular weight is 454 g/mol. The Morgan fingerprint density at radius 3 is 1.94 bits per heavy atom. The fourth-order valence-corrected chi connectivity index (χ4v) is 5.72. The van der Waals surface area contributed by atoms with Gasteiger partial charge in [-0.15, -0.1) is 0 Å². The molecule has 1 aromatic heterocycles. The lowest BCUT2D eigenvalue weighted by molar-refractivity contribution is 0.104. The van der Waals surface area contributed by atoms with Crippen LogP contribution in [0.5, 0.6) is 0 Å². The van der Waals surface area contributed by atoms with E-state index in [0.717, 1.165) is 61.8 Å². The van der Waals surface area contributed by atoms with Gasteiger partial charge in [-0.05, 0) is 60.9 Å². The molecule has 2 heterocycles. The molecule has 0 atom stereocenters. The second kappa shape index (κ2) is 7.28. The van der Waals surface area contributed by atoms with Crippen LogP contribution in [0.4, 0.5) is 28.4 Å². The first kappa shape index (κ1) is 20.0. The third kappa shape index (κ3) is 2.68. The molecule has 3 aromatic rings. The molecule has 0 spiro atoms. The molecule has 168 valence electrons. The van der Waals surface area contributed by atoms with Crippen molar-refractivity contribution in [3.05, 3.63) is 108 Å². The van der Waals surface area contributed by atoms with E-state index in [1.165, 1.54) is 0 Å². The predicted octanol–water partition coefficient (Wildman–Crippen LogP) is 7.73. The molecule has 0 unspecified atom stereocenters. The highest BCUT2D eigenvalue weighted by molar-refractivity contribution is 6.29. The SMILES string of the molecule is CC(C)N1c2ccccc2N(c2cncc3c2C(=O)c2c4cccccc-4cc2-3)c2ccccc21. The molecule has 0 radical (unpaired) electrons. The Bertz CT molecular complexity index is 1570. The van der Waals surface area contributed by atoms with Crippen LogP contribution in [0.1, 0.15) is 29.8 Å². The van der Waals surface area contributed by atoms with Gasteiger partial charge in [0.15, 0.2) is 5.78 Å². The van der Waals surface area contributed by atoms with Crippen molar-refractivity contribution in [3.63, 3.8) is 0 Å². The quantitative estimate of drug-likeness (QED) is 0.269. The number of fused-ring (bicyclic) bond motifs is 7. The van der Waals surface area contributed by atoms with Crippen LogP contribution >= 0.6 is 0 Å². The highest BCUT2D eigenvalue weighted by Gasteiger charge is 2.38. The zero-order valence-electron chi connectivity index (χ0n) is 19.6. The Kier molecular flexibility index (Phi) is 4.15. The van der Waals surface area contributed by atoms with E-state index in [-0.39, 0.29) is 11.8 Å². The monoisotopic (exact) mass is 453 g/mol. The summed E-state index contributed by atoms with van der Waals surface area (Å²) in [6.07, 6.45) is 3.67. The van der Waals surface area contributed by atoms with E-state index in [4.69, 9.17) is 0 Å². The van der Waals surface area contributed by atoms with Gasteiger partial charge in [-0.1, -0.05) is 54.6 Å². The molecule has 4 heteroatoms. The number of ketones is 1. The summed E-state index contributed by atoms with van der Waals surface area (Å²) in [5, 5.41) is 0. The summed E-state index contributed by atoms with van der Waals surface area (Å²) in [7, 11) is 0. The van der Waals surface area contributed by atoms with Crippen molar-refractivity contribution in [1.29, 1.82) is 0 Å². The largest absolute Gasteiger partial charge is 0.336 e. The first-order chi connectivity index (χ1) is 17.1. The summed E-state index contributed by atoms with van der Waals surface area (Å²) >= 11 is 0. The van der Waals surface area contributed by atoms with Crippen molar-refractivity contribution in [2.75, 3.05) is 9.80 Å². The van der Waals surface area contributed by atoms with Gasteiger partial charge in [-0.2, -0.15) is 0 Å². The van der Waals surface area contributed by atoms with E-state index in [1.807, 2.05) is 36.7 Å². The molecule has 0 N–H and O–H groups in total. The Labute approximate surface area is 204 Å². The minimum absolute atomic E-state index is 0.0647. The first-order valence-corrected chi connectivity index (χ1v) is 12.0. The van der Waals surface area contributed by atoms with E-state index in [2.05, 4.69) is 89.3 Å². The number of benzene rings is 2. The van der Waals surface area contributed by atoms with Crippen LogP contribution in [0.25, 0.3) is 22.3 Å². The van der Waals surface area contributed by atoms with Crippen LogP contribution in [-0.4, -0.2) is 16.8 Å². The third-order valence-electron chi connectivity index (χ3n) is 7.10. The Morgan fingerprint density at radius 1 is 0.629 bits per heavy atom. The fourth-order valence-electron chi connectivity index (χ4n) is 5.72.